The summed E-state index contributed by atoms with van der Waals surface area (Å²) in [6, 6.07) is 1.75. The topological polar surface area (TPSA) is 42.1 Å². The lowest BCUT2D eigenvalue weighted by Crippen LogP contribution is -2.16. The maximum atomic E-state index is 10.9. The number of ether oxygens (including phenoxy) is 1. The van der Waals surface area contributed by atoms with Crippen LogP contribution in [0.3, 0.4) is 0 Å². The van der Waals surface area contributed by atoms with Crippen molar-refractivity contribution in [1.29, 1.82) is 0 Å². The molecule has 10 heavy (non-hydrogen) atoms. The van der Waals surface area contributed by atoms with Crippen molar-refractivity contribution in [1.82, 2.24) is 4.98 Å². The fourth-order valence-corrected chi connectivity index (χ4v) is 1.13. The third-order valence-corrected chi connectivity index (χ3v) is 1.64. The van der Waals surface area contributed by atoms with E-state index in [1.807, 2.05) is 0 Å². The molecule has 0 aromatic carbocycles. The fourth-order valence-electron chi connectivity index (χ4n) is 1.13. The predicted octanol–water partition coefficient (Wildman–Crippen LogP) is 0.728. The van der Waals surface area contributed by atoms with Crippen molar-refractivity contribution >= 4 is 5.97 Å². The second-order valence-corrected chi connectivity index (χ2v) is 2.26. The third-order valence-electron chi connectivity index (χ3n) is 1.64. The van der Waals surface area contributed by atoms with Crippen LogP contribution in [0.1, 0.15) is 16.1 Å². The minimum atomic E-state index is -0.206. The Morgan fingerprint density at radius 1 is 1.60 bits per heavy atom. The highest BCUT2D eigenvalue weighted by Crippen LogP contribution is 2.13. The molecule has 0 saturated heterocycles. The molecule has 0 fully saturated rings. The number of carbonyl (C=O) groups is 1. The molecule has 2 heterocycles. The molecule has 0 radical (unpaired) electrons. The molecule has 0 spiro atoms. The molecule has 1 N–H and O–H groups in total. The number of esters is 1. The van der Waals surface area contributed by atoms with Crippen molar-refractivity contribution in [2.75, 3.05) is 6.61 Å². The van der Waals surface area contributed by atoms with Crippen molar-refractivity contribution in [2.24, 2.45) is 0 Å². The van der Waals surface area contributed by atoms with Crippen molar-refractivity contribution in [3.63, 3.8) is 0 Å². The van der Waals surface area contributed by atoms with Gasteiger partial charge in [-0.2, -0.15) is 0 Å². The molecule has 2 rings (SSSR count). The number of aromatic amines is 1. The van der Waals surface area contributed by atoms with Crippen LogP contribution in [-0.4, -0.2) is 17.6 Å². The molecule has 3 heteroatoms. The highest BCUT2D eigenvalue weighted by molar-refractivity contribution is 5.91. The number of H-pyrrole nitrogens is 1. The molecule has 3 nitrogen and oxygen atoms in total. The van der Waals surface area contributed by atoms with Gasteiger partial charge in [0, 0.05) is 18.3 Å². The van der Waals surface area contributed by atoms with E-state index >= 15 is 0 Å². The highest BCUT2D eigenvalue weighted by Gasteiger charge is 2.18. The van der Waals surface area contributed by atoms with Gasteiger partial charge in [0.2, 0.25) is 0 Å². The molecule has 52 valence electrons. The summed E-state index contributed by atoms with van der Waals surface area (Å²) in [5.41, 5.74) is 1.68. The normalized spacial score (nSPS) is 16.2. The molecule has 0 unspecified atom stereocenters. The smallest absolute Gasteiger partial charge is 0.339 e. The highest BCUT2D eigenvalue weighted by atomic mass is 16.5. The molecule has 0 saturated carbocycles. The summed E-state index contributed by atoms with van der Waals surface area (Å²) in [7, 11) is 0. The molecule has 0 aliphatic carbocycles. The van der Waals surface area contributed by atoms with Gasteiger partial charge in [-0.25, -0.2) is 4.79 Å². The Morgan fingerprint density at radius 2 is 2.50 bits per heavy atom. The number of carbonyl (C=O) groups excluding carboxylic acids is 1. The summed E-state index contributed by atoms with van der Waals surface area (Å²) in [5, 5.41) is 0. The predicted molar refractivity (Wildman–Crippen MR) is 34.8 cm³/mol. The van der Waals surface area contributed by atoms with E-state index in [0.717, 1.165) is 12.1 Å². The van der Waals surface area contributed by atoms with Crippen LogP contribution >= 0.6 is 0 Å². The SMILES string of the molecule is O=C1OCCc2[nH]ccc21. The van der Waals surface area contributed by atoms with Gasteiger partial charge in [-0.15, -0.1) is 0 Å². The van der Waals surface area contributed by atoms with Gasteiger partial charge in [-0.1, -0.05) is 0 Å². The van der Waals surface area contributed by atoms with Gasteiger partial charge < -0.3 is 9.72 Å². The van der Waals surface area contributed by atoms with Crippen LogP contribution in [0.4, 0.5) is 0 Å². The molecular formula is C7H7NO2. The van der Waals surface area contributed by atoms with Crippen molar-refractivity contribution in [3.8, 4) is 0 Å². The first-order valence-corrected chi connectivity index (χ1v) is 3.21. The third kappa shape index (κ3) is 0.635. The lowest BCUT2D eigenvalue weighted by atomic mass is 10.2. The van der Waals surface area contributed by atoms with Crippen LogP contribution in [0.5, 0.6) is 0 Å². The van der Waals surface area contributed by atoms with E-state index in [1.54, 1.807) is 12.3 Å². The van der Waals surface area contributed by atoms with Gasteiger partial charge in [0.05, 0.1) is 12.2 Å². The lowest BCUT2D eigenvalue weighted by Gasteiger charge is -2.10. The average Bonchev–Trinajstić information content (AvgIpc) is 2.36. The molecular weight excluding hydrogens is 130 g/mol. The Kier molecular flexibility index (Phi) is 1.03. The van der Waals surface area contributed by atoms with E-state index in [-0.39, 0.29) is 5.97 Å². The summed E-state index contributed by atoms with van der Waals surface area (Å²) in [4.78, 5) is 13.9. The Bertz CT molecular complexity index is 264. The second kappa shape index (κ2) is 1.87. The van der Waals surface area contributed by atoms with E-state index < -0.39 is 0 Å². The van der Waals surface area contributed by atoms with Gasteiger partial charge >= 0.3 is 5.97 Å². The van der Waals surface area contributed by atoms with Crippen LogP contribution in [0, 0.1) is 0 Å². The number of fused-ring (bicyclic) bond motifs is 1. The number of rotatable bonds is 0. The van der Waals surface area contributed by atoms with Gasteiger partial charge in [-0.3, -0.25) is 0 Å². The van der Waals surface area contributed by atoms with E-state index in [0.29, 0.717) is 12.2 Å². The van der Waals surface area contributed by atoms with Gasteiger partial charge in [0.15, 0.2) is 0 Å². The average molecular weight is 137 g/mol. The second-order valence-electron chi connectivity index (χ2n) is 2.26. The van der Waals surface area contributed by atoms with Gasteiger partial charge in [-0.05, 0) is 6.07 Å². The lowest BCUT2D eigenvalue weighted by molar-refractivity contribution is 0.0479. The van der Waals surface area contributed by atoms with E-state index in [1.165, 1.54) is 0 Å². The molecule has 1 aliphatic rings. The summed E-state index contributed by atoms with van der Waals surface area (Å²) in [5.74, 6) is -0.206. The Hall–Kier alpha value is -1.25. The number of hydrogen-bond donors (Lipinski definition) is 1. The standard InChI is InChI=1S/C7H7NO2/c9-7-5-1-3-8-6(5)2-4-10-7/h1,3,8H,2,4H2. The Labute approximate surface area is 58.0 Å². The Balaban J connectivity index is 2.50. The van der Waals surface area contributed by atoms with E-state index in [2.05, 4.69) is 4.98 Å². The molecule has 0 bridgehead atoms. The first-order valence-electron chi connectivity index (χ1n) is 3.21. The fraction of sp³-hybridized carbons (Fsp3) is 0.286. The Morgan fingerprint density at radius 3 is 3.30 bits per heavy atom. The van der Waals surface area contributed by atoms with Crippen molar-refractivity contribution in [2.45, 2.75) is 6.42 Å². The van der Waals surface area contributed by atoms with Crippen molar-refractivity contribution < 1.29 is 9.53 Å². The summed E-state index contributed by atoms with van der Waals surface area (Å²) < 4.78 is 4.80. The number of nitrogens with one attached hydrogen (secondary N) is 1. The molecule has 0 amide bonds. The summed E-state index contributed by atoms with van der Waals surface area (Å²) >= 11 is 0. The summed E-state index contributed by atoms with van der Waals surface area (Å²) in [6.07, 6.45) is 2.57. The zero-order valence-electron chi connectivity index (χ0n) is 5.39. The molecule has 1 aromatic rings. The monoisotopic (exact) mass is 137 g/mol. The molecule has 1 aromatic heterocycles. The zero-order chi connectivity index (χ0) is 6.97. The van der Waals surface area contributed by atoms with Gasteiger partial charge in [0.1, 0.15) is 0 Å². The minimum absolute atomic E-state index is 0.206. The van der Waals surface area contributed by atoms with Crippen LogP contribution in [0.2, 0.25) is 0 Å². The molecule has 0 atom stereocenters. The first-order chi connectivity index (χ1) is 4.88. The first kappa shape index (κ1) is 5.53. The quantitative estimate of drug-likeness (QED) is 0.535. The van der Waals surface area contributed by atoms with Crippen molar-refractivity contribution in [3.05, 3.63) is 23.5 Å². The number of cyclic esters (lactones) is 1. The van der Waals surface area contributed by atoms with Crippen LogP contribution < -0.4 is 0 Å². The summed E-state index contributed by atoms with van der Waals surface area (Å²) in [6.45, 7) is 0.506. The van der Waals surface area contributed by atoms with E-state index in [4.69, 9.17) is 4.74 Å². The number of aromatic nitrogens is 1. The van der Waals surface area contributed by atoms with E-state index in [9.17, 15) is 4.79 Å². The maximum Gasteiger partial charge on any atom is 0.339 e. The number of hydrogen-bond acceptors (Lipinski definition) is 2. The molecule has 1 aliphatic heterocycles. The van der Waals surface area contributed by atoms with Crippen LogP contribution in [-0.2, 0) is 11.2 Å². The maximum absolute atomic E-state index is 10.9. The van der Waals surface area contributed by atoms with Gasteiger partial charge in [0.25, 0.3) is 0 Å². The van der Waals surface area contributed by atoms with Crippen LogP contribution in [0.15, 0.2) is 12.3 Å². The van der Waals surface area contributed by atoms with Crippen LogP contribution in [0.25, 0.3) is 0 Å². The minimum Gasteiger partial charge on any atom is -0.462 e. The zero-order valence-corrected chi connectivity index (χ0v) is 5.39. The largest absolute Gasteiger partial charge is 0.462 e.